The van der Waals surface area contributed by atoms with E-state index >= 15 is 0 Å². The molecule has 0 aromatic heterocycles. The van der Waals surface area contributed by atoms with E-state index in [1.165, 1.54) is 36.1 Å². The zero-order valence-electron chi connectivity index (χ0n) is 12.1. The first-order chi connectivity index (χ1) is 10.4. The average Bonchev–Trinajstić information content (AvgIpc) is 2.99. The quantitative estimate of drug-likeness (QED) is 0.839. The first-order valence-electron chi connectivity index (χ1n) is 7.36. The van der Waals surface area contributed by atoms with Gasteiger partial charge in [-0.15, -0.1) is 6.42 Å². The van der Waals surface area contributed by atoms with Crippen LogP contribution in [0.15, 0.2) is 42.5 Å². The highest BCUT2D eigenvalue weighted by Crippen LogP contribution is 2.26. The average molecular weight is 277 g/mol. The van der Waals surface area contributed by atoms with Crippen molar-refractivity contribution in [3.63, 3.8) is 0 Å². The molecule has 0 heterocycles. The van der Waals surface area contributed by atoms with Crippen molar-refractivity contribution in [1.82, 2.24) is 0 Å². The fraction of sp³-hybridized carbons (Fsp3) is 0.263. The van der Waals surface area contributed by atoms with Crippen LogP contribution in [0.3, 0.4) is 0 Å². The number of para-hydroxylation sites is 1. The Kier molecular flexibility index (Phi) is 4.12. The Hall–Kier alpha value is -2.40. The highest BCUT2D eigenvalue weighted by molar-refractivity contribution is 5.51. The number of hydrogen-bond donors (Lipinski definition) is 1. The molecule has 0 spiro atoms. The minimum atomic E-state index is 0.301. The summed E-state index contributed by atoms with van der Waals surface area (Å²) >= 11 is 0. The highest BCUT2D eigenvalue weighted by Gasteiger charge is 2.10. The first kappa shape index (κ1) is 13.6. The van der Waals surface area contributed by atoms with Crippen LogP contribution in [0.5, 0.6) is 5.75 Å². The van der Waals surface area contributed by atoms with E-state index < -0.39 is 0 Å². The smallest absolute Gasteiger partial charge is 0.148 e. The predicted octanol–water partition coefficient (Wildman–Crippen LogP) is 3.80. The maximum Gasteiger partial charge on any atom is 0.148 e. The standard InChI is InChI=1S/C19H19NO/c1-2-12-21-19-9-4-3-6-17(19)14-20-18-11-10-15-7-5-8-16(15)13-18/h1,3-4,6,9-11,13,20H,5,7-8,12,14H2. The third kappa shape index (κ3) is 3.20. The molecule has 2 nitrogen and oxygen atoms in total. The molecule has 2 heteroatoms. The van der Waals surface area contributed by atoms with Gasteiger partial charge in [-0.2, -0.15) is 0 Å². The molecule has 1 N–H and O–H groups in total. The molecule has 106 valence electrons. The van der Waals surface area contributed by atoms with Crippen molar-refractivity contribution in [3.8, 4) is 18.1 Å². The van der Waals surface area contributed by atoms with Gasteiger partial charge in [0.25, 0.3) is 0 Å². The van der Waals surface area contributed by atoms with Crippen LogP contribution in [0.4, 0.5) is 5.69 Å². The second-order valence-corrected chi connectivity index (χ2v) is 5.29. The molecule has 21 heavy (non-hydrogen) atoms. The Morgan fingerprint density at radius 1 is 1.10 bits per heavy atom. The van der Waals surface area contributed by atoms with Crippen LogP contribution < -0.4 is 10.1 Å². The molecule has 0 amide bonds. The van der Waals surface area contributed by atoms with Crippen molar-refractivity contribution in [3.05, 3.63) is 59.2 Å². The summed E-state index contributed by atoms with van der Waals surface area (Å²) < 4.78 is 5.57. The SMILES string of the molecule is C#CCOc1ccccc1CNc1ccc2c(c1)CCC2. The molecule has 0 saturated heterocycles. The number of rotatable bonds is 5. The first-order valence-corrected chi connectivity index (χ1v) is 7.36. The van der Waals surface area contributed by atoms with Crippen LogP contribution in [-0.4, -0.2) is 6.61 Å². The van der Waals surface area contributed by atoms with Crippen molar-refractivity contribution in [2.45, 2.75) is 25.8 Å². The minimum Gasteiger partial charge on any atom is -0.481 e. The largest absolute Gasteiger partial charge is 0.481 e. The Bertz CT molecular complexity index is 670. The van der Waals surface area contributed by atoms with E-state index in [0.29, 0.717) is 6.61 Å². The fourth-order valence-corrected chi connectivity index (χ4v) is 2.79. The van der Waals surface area contributed by atoms with E-state index in [0.717, 1.165) is 17.9 Å². The lowest BCUT2D eigenvalue weighted by Gasteiger charge is -2.12. The van der Waals surface area contributed by atoms with Gasteiger partial charge in [0.1, 0.15) is 12.4 Å². The van der Waals surface area contributed by atoms with Gasteiger partial charge in [0.2, 0.25) is 0 Å². The number of terminal acetylenes is 1. The van der Waals surface area contributed by atoms with Gasteiger partial charge >= 0.3 is 0 Å². The van der Waals surface area contributed by atoms with Crippen LogP contribution in [0.2, 0.25) is 0 Å². The number of anilines is 1. The van der Waals surface area contributed by atoms with E-state index in [2.05, 4.69) is 35.5 Å². The van der Waals surface area contributed by atoms with E-state index in [1.807, 2.05) is 18.2 Å². The van der Waals surface area contributed by atoms with Gasteiger partial charge < -0.3 is 10.1 Å². The topological polar surface area (TPSA) is 21.3 Å². The number of hydrogen-bond acceptors (Lipinski definition) is 2. The summed E-state index contributed by atoms with van der Waals surface area (Å²) in [4.78, 5) is 0. The van der Waals surface area contributed by atoms with E-state index in [1.54, 1.807) is 0 Å². The van der Waals surface area contributed by atoms with Gasteiger partial charge in [0.05, 0.1) is 0 Å². The second-order valence-electron chi connectivity index (χ2n) is 5.29. The molecular weight excluding hydrogens is 258 g/mol. The predicted molar refractivity (Wildman–Crippen MR) is 86.6 cm³/mol. The lowest BCUT2D eigenvalue weighted by molar-refractivity contribution is 0.366. The van der Waals surface area contributed by atoms with Crippen LogP contribution >= 0.6 is 0 Å². The van der Waals surface area contributed by atoms with Gasteiger partial charge in [-0.05, 0) is 48.6 Å². The second kappa shape index (κ2) is 6.37. The third-order valence-electron chi connectivity index (χ3n) is 3.87. The van der Waals surface area contributed by atoms with E-state index in [-0.39, 0.29) is 0 Å². The molecule has 0 radical (unpaired) electrons. The van der Waals surface area contributed by atoms with Crippen molar-refractivity contribution in [2.24, 2.45) is 0 Å². The van der Waals surface area contributed by atoms with E-state index in [9.17, 15) is 0 Å². The Labute approximate surface area is 126 Å². The summed E-state index contributed by atoms with van der Waals surface area (Å²) in [6.07, 6.45) is 8.95. The zero-order chi connectivity index (χ0) is 14.5. The van der Waals surface area contributed by atoms with Crippen LogP contribution in [-0.2, 0) is 19.4 Å². The Balaban J connectivity index is 1.69. The number of benzene rings is 2. The van der Waals surface area contributed by atoms with Crippen LogP contribution in [0, 0.1) is 12.3 Å². The normalized spacial score (nSPS) is 12.5. The molecular formula is C19H19NO. The van der Waals surface area contributed by atoms with Crippen molar-refractivity contribution in [2.75, 3.05) is 11.9 Å². The van der Waals surface area contributed by atoms with Gasteiger partial charge in [0, 0.05) is 17.8 Å². The lowest BCUT2D eigenvalue weighted by atomic mass is 10.1. The molecule has 0 atom stereocenters. The molecule has 2 aromatic carbocycles. The third-order valence-corrected chi connectivity index (χ3v) is 3.87. The van der Waals surface area contributed by atoms with Gasteiger partial charge in [-0.3, -0.25) is 0 Å². The highest BCUT2D eigenvalue weighted by atomic mass is 16.5. The molecule has 1 aliphatic carbocycles. The monoisotopic (exact) mass is 277 g/mol. The lowest BCUT2D eigenvalue weighted by Crippen LogP contribution is -2.04. The maximum atomic E-state index is 5.57. The molecule has 0 unspecified atom stereocenters. The summed E-state index contributed by atoms with van der Waals surface area (Å²) in [7, 11) is 0. The van der Waals surface area contributed by atoms with Gasteiger partial charge in [0.15, 0.2) is 0 Å². The van der Waals surface area contributed by atoms with Crippen LogP contribution in [0.25, 0.3) is 0 Å². The molecule has 2 aromatic rings. The Morgan fingerprint density at radius 3 is 2.86 bits per heavy atom. The van der Waals surface area contributed by atoms with Crippen molar-refractivity contribution < 1.29 is 4.74 Å². The van der Waals surface area contributed by atoms with Crippen LogP contribution in [0.1, 0.15) is 23.1 Å². The van der Waals surface area contributed by atoms with Crippen molar-refractivity contribution >= 4 is 5.69 Å². The fourth-order valence-electron chi connectivity index (χ4n) is 2.79. The van der Waals surface area contributed by atoms with Gasteiger partial charge in [-0.1, -0.05) is 30.2 Å². The molecule has 3 rings (SSSR count). The maximum absolute atomic E-state index is 5.57. The minimum absolute atomic E-state index is 0.301. The Morgan fingerprint density at radius 2 is 1.95 bits per heavy atom. The van der Waals surface area contributed by atoms with E-state index in [4.69, 9.17) is 11.2 Å². The van der Waals surface area contributed by atoms with Gasteiger partial charge in [-0.25, -0.2) is 0 Å². The number of aryl methyl sites for hydroxylation is 2. The number of ether oxygens (including phenoxy) is 1. The molecule has 1 aliphatic rings. The summed E-state index contributed by atoms with van der Waals surface area (Å²) in [5.74, 6) is 3.35. The van der Waals surface area contributed by atoms with Crippen molar-refractivity contribution in [1.29, 1.82) is 0 Å². The summed E-state index contributed by atoms with van der Waals surface area (Å²) in [6, 6.07) is 14.7. The number of fused-ring (bicyclic) bond motifs is 1. The molecule has 0 bridgehead atoms. The molecule has 0 aliphatic heterocycles. The summed E-state index contributed by atoms with van der Waals surface area (Å²) in [5.41, 5.74) is 5.27. The summed E-state index contributed by atoms with van der Waals surface area (Å²) in [6.45, 7) is 1.04. The number of nitrogens with one attached hydrogen (secondary N) is 1. The molecule has 0 saturated carbocycles. The zero-order valence-corrected chi connectivity index (χ0v) is 12.1. The summed E-state index contributed by atoms with van der Waals surface area (Å²) in [5, 5.41) is 3.48. The molecule has 0 fully saturated rings.